The molecule has 5 aromatic carbocycles. The molecule has 1 aliphatic rings. The Morgan fingerprint density at radius 2 is 0.944 bits per heavy atom. The van der Waals surface area contributed by atoms with E-state index in [-0.39, 0.29) is 5.56 Å². The standard InChI is InChI=1S/C31H17F5/c32-27-26(28(33)30(35)31(36)29(27)34)25-23-15-19-13-7-8-14-20(19)22(23)16-21(17-9-3-1-4-10-17)24(25)18-11-5-2-6-12-18/h1-14,16H,15H2. The molecule has 0 saturated carbocycles. The minimum absolute atomic E-state index is 0.0153. The van der Waals surface area contributed by atoms with Crippen molar-refractivity contribution in [3.05, 3.63) is 131 Å². The van der Waals surface area contributed by atoms with Crippen molar-refractivity contribution in [2.75, 3.05) is 0 Å². The Morgan fingerprint density at radius 3 is 1.58 bits per heavy atom. The van der Waals surface area contributed by atoms with Gasteiger partial charge < -0.3 is 0 Å². The second kappa shape index (κ2) is 8.45. The molecule has 0 nitrogen and oxygen atoms in total. The molecule has 1 aliphatic carbocycles. The topological polar surface area (TPSA) is 0 Å². The molecule has 0 bridgehead atoms. The molecular formula is C31H17F5. The molecule has 176 valence electrons. The lowest BCUT2D eigenvalue weighted by atomic mass is 9.82. The summed E-state index contributed by atoms with van der Waals surface area (Å²) < 4.78 is 73.8. The van der Waals surface area contributed by atoms with E-state index in [1.54, 1.807) is 30.3 Å². The molecule has 6 rings (SSSR count). The Hall–Kier alpha value is -4.25. The monoisotopic (exact) mass is 484 g/mol. The van der Waals surface area contributed by atoms with Crippen molar-refractivity contribution in [3.8, 4) is 44.5 Å². The van der Waals surface area contributed by atoms with Crippen LogP contribution < -0.4 is 0 Å². The van der Waals surface area contributed by atoms with Crippen LogP contribution in [0.4, 0.5) is 22.0 Å². The highest BCUT2D eigenvalue weighted by Gasteiger charge is 2.34. The van der Waals surface area contributed by atoms with Gasteiger partial charge in [0.05, 0.1) is 5.56 Å². The van der Waals surface area contributed by atoms with Gasteiger partial charge >= 0.3 is 0 Å². The number of hydrogen-bond acceptors (Lipinski definition) is 0. The summed E-state index contributed by atoms with van der Waals surface area (Å²) in [6.07, 6.45) is 0.301. The fourth-order valence-electron chi connectivity index (χ4n) is 5.13. The molecule has 0 atom stereocenters. The van der Waals surface area contributed by atoms with Crippen LogP contribution in [0, 0.1) is 29.1 Å². The van der Waals surface area contributed by atoms with Crippen LogP contribution in [-0.2, 0) is 6.42 Å². The highest BCUT2D eigenvalue weighted by atomic mass is 19.2. The molecule has 0 spiro atoms. The number of benzene rings is 5. The smallest absolute Gasteiger partial charge is 0.200 e. The number of fused-ring (bicyclic) bond motifs is 3. The van der Waals surface area contributed by atoms with Gasteiger partial charge in [-0.2, -0.15) is 0 Å². The van der Waals surface area contributed by atoms with Crippen LogP contribution >= 0.6 is 0 Å². The third-order valence-electron chi connectivity index (χ3n) is 6.72. The molecule has 36 heavy (non-hydrogen) atoms. The van der Waals surface area contributed by atoms with Crippen molar-refractivity contribution < 1.29 is 22.0 Å². The van der Waals surface area contributed by atoms with Gasteiger partial charge in [0.15, 0.2) is 23.3 Å². The fraction of sp³-hybridized carbons (Fsp3) is 0.0323. The second-order valence-electron chi connectivity index (χ2n) is 8.71. The summed E-state index contributed by atoms with van der Waals surface area (Å²) in [4.78, 5) is 0. The third kappa shape index (κ3) is 3.27. The molecule has 5 aromatic rings. The maximum absolute atomic E-state index is 15.4. The van der Waals surface area contributed by atoms with Gasteiger partial charge in [-0.15, -0.1) is 0 Å². The molecule has 0 fully saturated rings. The van der Waals surface area contributed by atoms with Crippen molar-refractivity contribution in [2.24, 2.45) is 0 Å². The molecule has 0 aromatic heterocycles. The SMILES string of the molecule is Fc1c(F)c(F)c(-c2c3c(cc(-c4ccccc4)c2-c2ccccc2)-c2ccccc2C3)c(F)c1F. The van der Waals surface area contributed by atoms with Gasteiger partial charge in [-0.25, -0.2) is 22.0 Å². The highest BCUT2D eigenvalue weighted by Crippen LogP contribution is 2.51. The van der Waals surface area contributed by atoms with Gasteiger partial charge in [0.25, 0.3) is 0 Å². The zero-order valence-corrected chi connectivity index (χ0v) is 18.8. The van der Waals surface area contributed by atoms with Gasteiger partial charge in [-0.05, 0) is 57.0 Å². The first-order chi connectivity index (χ1) is 17.5. The Morgan fingerprint density at radius 1 is 0.417 bits per heavy atom. The molecule has 5 heteroatoms. The zero-order valence-electron chi connectivity index (χ0n) is 18.8. The van der Waals surface area contributed by atoms with E-state index < -0.39 is 34.6 Å². The van der Waals surface area contributed by atoms with E-state index in [9.17, 15) is 13.2 Å². The molecule has 0 heterocycles. The summed E-state index contributed by atoms with van der Waals surface area (Å²) in [6, 6.07) is 27.6. The lowest BCUT2D eigenvalue weighted by Gasteiger charge is -2.22. The fourth-order valence-corrected chi connectivity index (χ4v) is 5.13. The first-order valence-electron chi connectivity index (χ1n) is 11.4. The third-order valence-corrected chi connectivity index (χ3v) is 6.72. The van der Waals surface area contributed by atoms with Gasteiger partial charge in [0, 0.05) is 5.56 Å². The molecule has 0 saturated heterocycles. The first kappa shape index (κ1) is 22.2. The average Bonchev–Trinajstić information content (AvgIpc) is 3.30. The highest BCUT2D eigenvalue weighted by molar-refractivity contribution is 6.02. The van der Waals surface area contributed by atoms with E-state index in [0.29, 0.717) is 34.2 Å². The van der Waals surface area contributed by atoms with Crippen LogP contribution in [-0.4, -0.2) is 0 Å². The normalized spacial score (nSPS) is 11.9. The van der Waals surface area contributed by atoms with Crippen molar-refractivity contribution in [1.82, 2.24) is 0 Å². The number of rotatable bonds is 3. The Labute approximate surface area is 204 Å². The molecular weight excluding hydrogens is 467 g/mol. The quantitative estimate of drug-likeness (QED) is 0.134. The summed E-state index contributed by atoms with van der Waals surface area (Å²) >= 11 is 0. The van der Waals surface area contributed by atoms with Crippen LogP contribution in [0.25, 0.3) is 44.5 Å². The van der Waals surface area contributed by atoms with Crippen LogP contribution in [0.5, 0.6) is 0 Å². The first-order valence-corrected chi connectivity index (χ1v) is 11.4. The van der Waals surface area contributed by atoms with Gasteiger partial charge in [-0.3, -0.25) is 0 Å². The van der Waals surface area contributed by atoms with Crippen molar-refractivity contribution >= 4 is 0 Å². The van der Waals surface area contributed by atoms with Gasteiger partial charge in [-0.1, -0.05) is 84.9 Å². The Bertz CT molecular complexity index is 1610. The Balaban J connectivity index is 1.84. The van der Waals surface area contributed by atoms with E-state index in [0.717, 1.165) is 16.7 Å². The van der Waals surface area contributed by atoms with E-state index in [1.165, 1.54) is 0 Å². The van der Waals surface area contributed by atoms with Crippen LogP contribution in [0.2, 0.25) is 0 Å². The predicted molar refractivity (Wildman–Crippen MR) is 131 cm³/mol. The van der Waals surface area contributed by atoms with Crippen molar-refractivity contribution in [2.45, 2.75) is 6.42 Å². The Kier molecular flexibility index (Phi) is 5.22. The van der Waals surface area contributed by atoms with Crippen LogP contribution in [0.15, 0.2) is 91.0 Å². The van der Waals surface area contributed by atoms with Crippen molar-refractivity contribution in [3.63, 3.8) is 0 Å². The minimum atomic E-state index is -2.17. The van der Waals surface area contributed by atoms with E-state index >= 15 is 8.78 Å². The minimum Gasteiger partial charge on any atom is -0.203 e. The maximum atomic E-state index is 15.4. The maximum Gasteiger partial charge on any atom is 0.200 e. The van der Waals surface area contributed by atoms with Gasteiger partial charge in [0.2, 0.25) is 5.82 Å². The number of halogens is 5. The van der Waals surface area contributed by atoms with E-state index in [2.05, 4.69) is 0 Å². The molecule has 0 radical (unpaired) electrons. The summed E-state index contributed by atoms with van der Waals surface area (Å²) in [5, 5.41) is 0. The largest absolute Gasteiger partial charge is 0.203 e. The number of hydrogen-bond donors (Lipinski definition) is 0. The van der Waals surface area contributed by atoms with Gasteiger partial charge in [0.1, 0.15) is 0 Å². The molecule has 0 unspecified atom stereocenters. The van der Waals surface area contributed by atoms with E-state index in [4.69, 9.17) is 0 Å². The predicted octanol–water partition coefficient (Wildman–Crippen LogP) is 8.95. The van der Waals surface area contributed by atoms with Crippen LogP contribution in [0.1, 0.15) is 11.1 Å². The molecule has 0 aliphatic heterocycles. The lowest BCUT2D eigenvalue weighted by Crippen LogP contribution is -2.07. The molecule has 0 N–H and O–H groups in total. The zero-order chi connectivity index (χ0) is 25.0. The summed E-state index contributed by atoms with van der Waals surface area (Å²) in [5.41, 5.74) is 4.54. The molecule has 0 amide bonds. The summed E-state index contributed by atoms with van der Waals surface area (Å²) in [6.45, 7) is 0. The average molecular weight is 484 g/mol. The van der Waals surface area contributed by atoms with E-state index in [1.807, 2.05) is 60.7 Å². The van der Waals surface area contributed by atoms with Crippen molar-refractivity contribution in [1.29, 1.82) is 0 Å². The lowest BCUT2D eigenvalue weighted by molar-refractivity contribution is 0.381. The van der Waals surface area contributed by atoms with Crippen LogP contribution in [0.3, 0.4) is 0 Å². The second-order valence-corrected chi connectivity index (χ2v) is 8.71. The summed E-state index contributed by atoms with van der Waals surface area (Å²) in [7, 11) is 0. The summed E-state index contributed by atoms with van der Waals surface area (Å²) in [5.74, 6) is -9.78.